The number of H-pyrrole nitrogens is 1. The van der Waals surface area contributed by atoms with Gasteiger partial charge in [0.15, 0.2) is 0 Å². The molecule has 0 radical (unpaired) electrons. The van der Waals surface area contributed by atoms with Crippen LogP contribution < -0.4 is 0 Å². The standard InChI is InChI=1S/C6H4BrN3/c7-4-1-9-5-2-8-3-10-6(4)5/h1-3H,(H,8,10). The smallest absolute Gasteiger partial charge is 0.106 e. The average molecular weight is 198 g/mol. The van der Waals surface area contributed by atoms with E-state index in [0.29, 0.717) is 0 Å². The molecule has 0 unspecified atom stereocenters. The first kappa shape index (κ1) is 5.85. The monoisotopic (exact) mass is 197 g/mol. The maximum atomic E-state index is 4.08. The zero-order valence-electron chi connectivity index (χ0n) is 5.00. The molecule has 2 rings (SSSR count). The van der Waals surface area contributed by atoms with Gasteiger partial charge in [0.2, 0.25) is 0 Å². The van der Waals surface area contributed by atoms with Crippen LogP contribution in [0.2, 0.25) is 0 Å². The predicted octanol–water partition coefficient (Wildman–Crippen LogP) is 1.67. The molecule has 0 aromatic heterocycles. The van der Waals surface area contributed by atoms with Gasteiger partial charge >= 0.3 is 0 Å². The maximum Gasteiger partial charge on any atom is 0.106 e. The number of hydrogen-bond acceptors (Lipinski definition) is 2. The molecule has 0 spiro atoms. The molecule has 2 aliphatic heterocycles. The summed E-state index contributed by atoms with van der Waals surface area (Å²) in [6.45, 7) is 0. The first-order valence-corrected chi connectivity index (χ1v) is 3.60. The summed E-state index contributed by atoms with van der Waals surface area (Å²) in [6.07, 6.45) is 5.11. The summed E-state index contributed by atoms with van der Waals surface area (Å²) in [7, 11) is 0. The lowest BCUT2D eigenvalue weighted by Gasteiger charge is -1.93. The Morgan fingerprint density at radius 2 is 2.30 bits per heavy atom. The van der Waals surface area contributed by atoms with Crippen molar-refractivity contribution >= 4 is 15.9 Å². The number of rotatable bonds is 0. The molecule has 0 aromatic rings. The van der Waals surface area contributed by atoms with Crippen LogP contribution in [0.5, 0.6) is 0 Å². The molecule has 2 heterocycles. The zero-order valence-corrected chi connectivity index (χ0v) is 6.59. The zero-order chi connectivity index (χ0) is 6.97. The summed E-state index contributed by atoms with van der Waals surface area (Å²) < 4.78 is 0.977. The van der Waals surface area contributed by atoms with E-state index >= 15 is 0 Å². The molecule has 2 aliphatic rings. The summed E-state index contributed by atoms with van der Waals surface area (Å²) in [6, 6.07) is 0. The van der Waals surface area contributed by atoms with Gasteiger partial charge in [-0.3, -0.25) is 4.98 Å². The van der Waals surface area contributed by atoms with Gasteiger partial charge in [-0.2, -0.15) is 0 Å². The number of hydrogen-bond donors (Lipinski definition) is 1. The van der Waals surface area contributed by atoms with E-state index in [1.54, 1.807) is 18.7 Å². The highest BCUT2D eigenvalue weighted by molar-refractivity contribution is 9.10. The molecule has 10 heavy (non-hydrogen) atoms. The van der Waals surface area contributed by atoms with Crippen LogP contribution >= 0.6 is 15.9 Å². The number of fused-ring (bicyclic) bond motifs is 1. The van der Waals surface area contributed by atoms with Crippen LogP contribution in [-0.2, 0) is 0 Å². The molecule has 3 nitrogen and oxygen atoms in total. The van der Waals surface area contributed by atoms with E-state index in [-0.39, 0.29) is 0 Å². The minimum Gasteiger partial charge on any atom is -0.344 e. The Bertz CT molecular complexity index is 317. The van der Waals surface area contributed by atoms with Crippen molar-refractivity contribution < 1.29 is 0 Å². The number of nitrogens with one attached hydrogen (secondary N) is 1. The van der Waals surface area contributed by atoms with Crippen molar-refractivity contribution in [1.82, 2.24) is 15.0 Å². The van der Waals surface area contributed by atoms with Crippen molar-refractivity contribution in [3.8, 4) is 11.4 Å². The normalized spacial score (nSPS) is 10.5. The van der Waals surface area contributed by atoms with Crippen LogP contribution in [0.4, 0.5) is 0 Å². The third-order valence-corrected chi connectivity index (χ3v) is 1.89. The largest absolute Gasteiger partial charge is 0.344 e. The Morgan fingerprint density at radius 3 is 3.10 bits per heavy atom. The molecular weight excluding hydrogens is 194 g/mol. The van der Waals surface area contributed by atoms with Crippen LogP contribution in [0.3, 0.4) is 0 Å². The molecule has 0 amide bonds. The van der Waals surface area contributed by atoms with Gasteiger partial charge in [0, 0.05) is 6.20 Å². The van der Waals surface area contributed by atoms with Gasteiger partial charge in [-0.25, -0.2) is 4.98 Å². The number of aromatic nitrogens is 3. The quantitative estimate of drug-likeness (QED) is 0.699. The lowest BCUT2D eigenvalue weighted by molar-refractivity contribution is 1.15. The van der Waals surface area contributed by atoms with E-state index in [9.17, 15) is 0 Å². The van der Waals surface area contributed by atoms with E-state index in [4.69, 9.17) is 0 Å². The third kappa shape index (κ3) is 0.724. The number of aromatic amines is 1. The molecule has 0 aromatic carbocycles. The van der Waals surface area contributed by atoms with E-state index < -0.39 is 0 Å². The Morgan fingerprint density at radius 1 is 1.40 bits per heavy atom. The van der Waals surface area contributed by atoms with Crippen molar-refractivity contribution in [3.05, 3.63) is 23.2 Å². The van der Waals surface area contributed by atoms with Crippen LogP contribution in [-0.4, -0.2) is 15.0 Å². The van der Waals surface area contributed by atoms with Crippen molar-refractivity contribution in [2.24, 2.45) is 0 Å². The fourth-order valence-electron chi connectivity index (χ4n) is 0.828. The molecule has 0 aliphatic carbocycles. The first-order valence-electron chi connectivity index (χ1n) is 2.80. The van der Waals surface area contributed by atoms with E-state index in [0.717, 1.165) is 15.9 Å². The highest BCUT2D eigenvalue weighted by Gasteiger charge is 2.07. The van der Waals surface area contributed by atoms with E-state index in [1.807, 2.05) is 0 Å². The number of nitrogens with zero attached hydrogens (tertiary/aromatic N) is 2. The number of halogens is 1. The SMILES string of the molecule is Brc1cnc2cnc[nH]c1-2. The third-order valence-electron chi connectivity index (χ3n) is 1.29. The van der Waals surface area contributed by atoms with Gasteiger partial charge in [-0.05, 0) is 15.9 Å². The molecule has 1 N–H and O–H groups in total. The van der Waals surface area contributed by atoms with Crippen LogP contribution in [0.1, 0.15) is 0 Å². The fourth-order valence-corrected chi connectivity index (χ4v) is 1.25. The second kappa shape index (κ2) is 2.05. The Hall–Kier alpha value is -0.900. The molecule has 0 bridgehead atoms. The second-order valence-electron chi connectivity index (χ2n) is 1.92. The summed E-state index contributed by atoms with van der Waals surface area (Å²) in [4.78, 5) is 10.9. The van der Waals surface area contributed by atoms with Gasteiger partial charge in [-0.1, -0.05) is 0 Å². The van der Waals surface area contributed by atoms with Crippen molar-refractivity contribution in [3.63, 3.8) is 0 Å². The van der Waals surface area contributed by atoms with Crippen molar-refractivity contribution in [1.29, 1.82) is 0 Å². The lowest BCUT2D eigenvalue weighted by Crippen LogP contribution is -1.83. The highest BCUT2D eigenvalue weighted by atomic mass is 79.9. The van der Waals surface area contributed by atoms with E-state index in [1.165, 1.54) is 0 Å². The van der Waals surface area contributed by atoms with Crippen molar-refractivity contribution in [2.45, 2.75) is 0 Å². The molecule has 50 valence electrons. The van der Waals surface area contributed by atoms with Crippen LogP contribution in [0.25, 0.3) is 11.4 Å². The van der Waals surface area contributed by atoms with Crippen LogP contribution in [0.15, 0.2) is 23.2 Å². The van der Waals surface area contributed by atoms with Gasteiger partial charge in [-0.15, -0.1) is 0 Å². The lowest BCUT2D eigenvalue weighted by atomic mass is 10.3. The minimum atomic E-state index is 0.884. The van der Waals surface area contributed by atoms with Crippen LogP contribution in [0, 0.1) is 0 Å². The predicted molar refractivity (Wildman–Crippen MR) is 40.7 cm³/mol. The molecular formula is C6H4BrN3. The molecule has 0 saturated carbocycles. The van der Waals surface area contributed by atoms with Gasteiger partial charge < -0.3 is 4.98 Å². The Balaban J connectivity index is 2.78. The molecule has 0 fully saturated rings. The summed E-state index contributed by atoms with van der Waals surface area (Å²) in [5, 5.41) is 0. The molecule has 4 heteroatoms. The fraction of sp³-hybridized carbons (Fsp3) is 0. The summed E-state index contributed by atoms with van der Waals surface area (Å²) in [5.41, 5.74) is 1.88. The van der Waals surface area contributed by atoms with Gasteiger partial charge in [0.25, 0.3) is 0 Å². The Labute approximate surface area is 66.0 Å². The van der Waals surface area contributed by atoms with Gasteiger partial charge in [0.1, 0.15) is 5.69 Å². The van der Waals surface area contributed by atoms with Crippen molar-refractivity contribution in [2.75, 3.05) is 0 Å². The van der Waals surface area contributed by atoms with E-state index in [2.05, 4.69) is 30.9 Å². The second-order valence-corrected chi connectivity index (χ2v) is 2.77. The summed E-state index contributed by atoms with van der Waals surface area (Å²) in [5.74, 6) is 0. The molecule has 0 saturated heterocycles. The first-order chi connectivity index (χ1) is 4.88. The topological polar surface area (TPSA) is 41.6 Å². The molecule has 0 atom stereocenters. The average Bonchev–Trinajstić information content (AvgIpc) is 2.34. The summed E-state index contributed by atoms with van der Waals surface area (Å²) >= 11 is 3.35. The maximum absolute atomic E-state index is 4.08. The Kier molecular flexibility index (Phi) is 1.20. The van der Waals surface area contributed by atoms with Gasteiger partial charge in [0.05, 0.1) is 22.7 Å². The minimum absolute atomic E-state index is 0.884. The highest BCUT2D eigenvalue weighted by Crippen LogP contribution is 2.25.